The molecule has 0 fully saturated rings. The Morgan fingerprint density at radius 2 is 1.96 bits per heavy atom. The molecule has 0 aliphatic carbocycles. The van der Waals surface area contributed by atoms with E-state index in [9.17, 15) is 4.79 Å². The van der Waals surface area contributed by atoms with E-state index in [-0.39, 0.29) is 18.5 Å². The number of benzene rings is 2. The van der Waals surface area contributed by atoms with Crippen LogP contribution in [0.1, 0.15) is 24.1 Å². The normalized spacial score (nSPS) is 12.0. The molecule has 6 heteroatoms. The number of hydrogen-bond donors (Lipinski definition) is 1. The van der Waals surface area contributed by atoms with Crippen LogP contribution < -0.4 is 0 Å². The molecule has 1 N–H and O–H groups in total. The zero-order chi connectivity index (χ0) is 18.7. The second-order valence-electron chi connectivity index (χ2n) is 6.40. The van der Waals surface area contributed by atoms with Gasteiger partial charge in [0.2, 0.25) is 5.91 Å². The van der Waals surface area contributed by atoms with Crippen molar-refractivity contribution in [2.75, 3.05) is 7.05 Å². The zero-order valence-corrected chi connectivity index (χ0v) is 16.0. The number of carbonyl (C=O) groups is 1. The highest BCUT2D eigenvalue weighted by Crippen LogP contribution is 2.21. The first-order valence-electron chi connectivity index (χ1n) is 8.50. The van der Waals surface area contributed by atoms with Crippen molar-refractivity contribution in [1.82, 2.24) is 19.7 Å². The van der Waals surface area contributed by atoms with Crippen molar-refractivity contribution in [2.24, 2.45) is 0 Å². The highest BCUT2D eigenvalue weighted by molar-refractivity contribution is 7.71. The van der Waals surface area contributed by atoms with Gasteiger partial charge in [0.25, 0.3) is 0 Å². The van der Waals surface area contributed by atoms with E-state index in [0.717, 1.165) is 16.7 Å². The van der Waals surface area contributed by atoms with E-state index >= 15 is 0 Å². The second kappa shape index (κ2) is 7.66. The molecule has 5 nitrogen and oxygen atoms in total. The number of likely N-dealkylation sites (N-methyl/N-ethyl adjacent to an activating group) is 1. The van der Waals surface area contributed by atoms with Gasteiger partial charge in [-0.15, -0.1) is 0 Å². The van der Waals surface area contributed by atoms with Crippen LogP contribution in [0, 0.1) is 11.7 Å². The van der Waals surface area contributed by atoms with Crippen molar-refractivity contribution in [3.63, 3.8) is 0 Å². The molecule has 0 aliphatic rings. The zero-order valence-electron chi connectivity index (χ0n) is 15.1. The number of aromatic amines is 1. The molecule has 2 aromatic carbocycles. The number of hydrogen-bond acceptors (Lipinski definition) is 3. The predicted octanol–water partition coefficient (Wildman–Crippen LogP) is 4.14. The summed E-state index contributed by atoms with van der Waals surface area (Å²) in [5.74, 6) is 0.653. The second-order valence-corrected chi connectivity index (χ2v) is 6.79. The average Bonchev–Trinajstić information content (AvgIpc) is 3.01. The molecular weight excluding hydrogens is 344 g/mol. The first-order chi connectivity index (χ1) is 12.5. The number of rotatable bonds is 5. The van der Waals surface area contributed by atoms with Crippen LogP contribution in [-0.2, 0) is 11.3 Å². The Hall–Kier alpha value is -2.73. The molecule has 0 aliphatic heterocycles. The summed E-state index contributed by atoms with van der Waals surface area (Å²) in [6.45, 7) is 4.19. The van der Waals surface area contributed by atoms with Gasteiger partial charge in [-0.3, -0.25) is 14.5 Å². The molecule has 0 saturated carbocycles. The summed E-state index contributed by atoms with van der Waals surface area (Å²) in [7, 11) is 1.82. The molecule has 3 rings (SSSR count). The fraction of sp³-hybridized carbons (Fsp3) is 0.250. The standard InChI is InChI=1S/C20H22N4OS/c1-14-8-7-11-17(12-14)19-21-22-20(26)24(19)13-18(25)23(3)15(2)16-9-5-4-6-10-16/h4-12,15H,13H2,1-3H3,(H,22,26)/t15-/m1/s1. The fourth-order valence-electron chi connectivity index (χ4n) is 2.89. The average molecular weight is 366 g/mol. The molecule has 0 bridgehead atoms. The quantitative estimate of drug-likeness (QED) is 0.691. The van der Waals surface area contributed by atoms with Crippen LogP contribution in [0.3, 0.4) is 0 Å². The number of carbonyl (C=O) groups excluding carboxylic acids is 1. The summed E-state index contributed by atoms with van der Waals surface area (Å²) < 4.78 is 2.19. The molecular formula is C20H22N4OS. The highest BCUT2D eigenvalue weighted by Gasteiger charge is 2.20. The van der Waals surface area contributed by atoms with Gasteiger partial charge in [0, 0.05) is 12.6 Å². The van der Waals surface area contributed by atoms with Crippen molar-refractivity contribution in [2.45, 2.75) is 26.4 Å². The Kier molecular flexibility index (Phi) is 5.32. The van der Waals surface area contributed by atoms with Crippen molar-refractivity contribution >= 4 is 18.1 Å². The number of aromatic nitrogens is 3. The smallest absolute Gasteiger partial charge is 0.242 e. The lowest BCUT2D eigenvalue weighted by Gasteiger charge is -2.25. The molecule has 0 radical (unpaired) electrons. The van der Waals surface area contributed by atoms with Gasteiger partial charge in [-0.1, -0.05) is 54.1 Å². The number of H-pyrrole nitrogens is 1. The van der Waals surface area contributed by atoms with Gasteiger partial charge in [0.1, 0.15) is 6.54 Å². The first kappa shape index (κ1) is 18.1. The summed E-state index contributed by atoms with van der Waals surface area (Å²) in [6, 6.07) is 17.9. The molecule has 0 saturated heterocycles. The van der Waals surface area contributed by atoms with Gasteiger partial charge >= 0.3 is 0 Å². The van der Waals surface area contributed by atoms with Crippen LogP contribution >= 0.6 is 12.2 Å². The number of nitrogens with one attached hydrogen (secondary N) is 1. The number of aryl methyl sites for hydroxylation is 1. The number of nitrogens with zero attached hydrogens (tertiary/aromatic N) is 3. The maximum Gasteiger partial charge on any atom is 0.242 e. The van der Waals surface area contributed by atoms with Crippen molar-refractivity contribution in [3.8, 4) is 11.4 Å². The molecule has 1 aromatic heterocycles. The third kappa shape index (κ3) is 3.75. The van der Waals surface area contributed by atoms with Crippen LogP contribution in [0.5, 0.6) is 0 Å². The van der Waals surface area contributed by atoms with E-state index in [0.29, 0.717) is 10.6 Å². The third-order valence-corrected chi connectivity index (χ3v) is 4.90. The van der Waals surface area contributed by atoms with Gasteiger partial charge in [0.15, 0.2) is 10.6 Å². The van der Waals surface area contributed by atoms with Gasteiger partial charge in [0.05, 0.1) is 6.04 Å². The molecule has 26 heavy (non-hydrogen) atoms. The van der Waals surface area contributed by atoms with E-state index in [4.69, 9.17) is 12.2 Å². The Labute approximate surface area is 158 Å². The largest absolute Gasteiger partial charge is 0.337 e. The lowest BCUT2D eigenvalue weighted by Crippen LogP contribution is -2.32. The van der Waals surface area contributed by atoms with Gasteiger partial charge in [-0.25, -0.2) is 0 Å². The number of amides is 1. The Morgan fingerprint density at radius 1 is 1.23 bits per heavy atom. The van der Waals surface area contributed by atoms with Crippen molar-refractivity contribution < 1.29 is 4.79 Å². The molecule has 1 atom stereocenters. The van der Waals surface area contributed by atoms with Gasteiger partial charge < -0.3 is 4.90 Å². The Bertz CT molecular complexity index is 961. The molecule has 1 heterocycles. The summed E-state index contributed by atoms with van der Waals surface area (Å²) in [5.41, 5.74) is 3.16. The van der Waals surface area contributed by atoms with E-state index in [1.807, 2.05) is 75.5 Å². The molecule has 0 unspecified atom stereocenters. The molecule has 1 amide bonds. The molecule has 3 aromatic rings. The molecule has 134 valence electrons. The fourth-order valence-corrected chi connectivity index (χ4v) is 3.08. The van der Waals surface area contributed by atoms with Crippen LogP contribution in [0.4, 0.5) is 0 Å². The summed E-state index contributed by atoms with van der Waals surface area (Å²) in [4.78, 5) is 14.6. The highest BCUT2D eigenvalue weighted by atomic mass is 32.1. The van der Waals surface area contributed by atoms with E-state index in [1.54, 1.807) is 9.47 Å². The predicted molar refractivity (Wildman–Crippen MR) is 105 cm³/mol. The Morgan fingerprint density at radius 3 is 2.65 bits per heavy atom. The van der Waals surface area contributed by atoms with E-state index in [2.05, 4.69) is 10.2 Å². The van der Waals surface area contributed by atoms with E-state index in [1.165, 1.54) is 0 Å². The van der Waals surface area contributed by atoms with Crippen LogP contribution in [0.25, 0.3) is 11.4 Å². The minimum absolute atomic E-state index is 0.0206. The van der Waals surface area contributed by atoms with Crippen LogP contribution in [0.2, 0.25) is 0 Å². The first-order valence-corrected chi connectivity index (χ1v) is 8.91. The summed E-state index contributed by atoms with van der Waals surface area (Å²) in [6.07, 6.45) is 0. The monoisotopic (exact) mass is 366 g/mol. The van der Waals surface area contributed by atoms with Gasteiger partial charge in [-0.05, 0) is 37.7 Å². The lowest BCUT2D eigenvalue weighted by molar-refractivity contribution is -0.132. The minimum atomic E-state index is -0.0211. The van der Waals surface area contributed by atoms with Crippen LogP contribution in [-0.4, -0.2) is 32.6 Å². The SMILES string of the molecule is Cc1cccc(-c2n[nH]c(=S)n2CC(=O)N(C)[C@H](C)c2ccccc2)c1. The third-order valence-electron chi connectivity index (χ3n) is 4.58. The topological polar surface area (TPSA) is 53.9 Å². The lowest BCUT2D eigenvalue weighted by atomic mass is 10.1. The van der Waals surface area contributed by atoms with E-state index < -0.39 is 0 Å². The van der Waals surface area contributed by atoms with Crippen molar-refractivity contribution in [3.05, 3.63) is 70.5 Å². The summed E-state index contributed by atoms with van der Waals surface area (Å²) >= 11 is 5.34. The van der Waals surface area contributed by atoms with Gasteiger partial charge in [-0.2, -0.15) is 5.10 Å². The summed E-state index contributed by atoms with van der Waals surface area (Å²) in [5, 5.41) is 7.12. The maximum atomic E-state index is 12.8. The van der Waals surface area contributed by atoms with Crippen LogP contribution in [0.15, 0.2) is 54.6 Å². The maximum absolute atomic E-state index is 12.8. The molecule has 0 spiro atoms. The minimum Gasteiger partial charge on any atom is -0.337 e. The van der Waals surface area contributed by atoms with Crippen molar-refractivity contribution in [1.29, 1.82) is 0 Å². The Balaban J connectivity index is 1.84.